The predicted molar refractivity (Wildman–Crippen MR) is 78.5 cm³/mol. The maximum absolute atomic E-state index is 13.6. The molecule has 2 amide bonds. The normalized spacial score (nSPS) is 11.1. The molecule has 1 aromatic rings. The van der Waals surface area contributed by atoms with Crippen LogP contribution in [0, 0.1) is 11.2 Å². The second-order valence-electron chi connectivity index (χ2n) is 5.38. The van der Waals surface area contributed by atoms with Gasteiger partial charge in [0, 0.05) is 13.2 Å². The first-order chi connectivity index (χ1) is 9.76. The quantitative estimate of drug-likeness (QED) is 0.726. The van der Waals surface area contributed by atoms with E-state index in [1.165, 1.54) is 18.2 Å². The molecule has 116 valence electrons. The Labute approximate surface area is 127 Å². The van der Waals surface area contributed by atoms with Crippen molar-refractivity contribution in [2.45, 2.75) is 20.3 Å². The molecule has 5 nitrogen and oxygen atoms in total. The summed E-state index contributed by atoms with van der Waals surface area (Å²) in [4.78, 5) is 23.3. The van der Waals surface area contributed by atoms with E-state index in [-0.39, 0.29) is 29.3 Å². The molecule has 0 heterocycles. The molecule has 0 aliphatic carbocycles. The lowest BCUT2D eigenvalue weighted by molar-refractivity contribution is -0.136. The van der Waals surface area contributed by atoms with Gasteiger partial charge in [0.1, 0.15) is 0 Å². The Balaban J connectivity index is 2.60. The minimum absolute atomic E-state index is 0.0111. The lowest BCUT2D eigenvalue weighted by Crippen LogP contribution is -2.40. The molecule has 3 N–H and O–H groups in total. The molecule has 0 saturated carbocycles. The van der Waals surface area contributed by atoms with Crippen LogP contribution in [0.3, 0.4) is 0 Å². The number of halogens is 2. The number of hydrogen-bond donors (Lipinski definition) is 3. The van der Waals surface area contributed by atoms with Crippen LogP contribution in [0.4, 0.5) is 10.1 Å². The number of rotatable bonds is 5. The third kappa shape index (κ3) is 5.32. The molecule has 21 heavy (non-hydrogen) atoms. The second kappa shape index (κ2) is 7.38. The van der Waals surface area contributed by atoms with E-state index in [4.69, 9.17) is 16.7 Å². The van der Waals surface area contributed by atoms with E-state index in [0.29, 0.717) is 6.42 Å². The molecule has 1 rings (SSSR count). The van der Waals surface area contributed by atoms with Crippen molar-refractivity contribution < 1.29 is 19.1 Å². The zero-order chi connectivity index (χ0) is 16.0. The van der Waals surface area contributed by atoms with E-state index >= 15 is 0 Å². The van der Waals surface area contributed by atoms with Gasteiger partial charge in [0.05, 0.1) is 10.7 Å². The summed E-state index contributed by atoms with van der Waals surface area (Å²) in [6.07, 6.45) is 0.484. The van der Waals surface area contributed by atoms with Gasteiger partial charge in [0.15, 0.2) is 5.82 Å². The van der Waals surface area contributed by atoms with E-state index in [1.807, 2.05) is 13.8 Å². The number of carbonyl (C=O) groups excluding carboxylic acids is 2. The van der Waals surface area contributed by atoms with Gasteiger partial charge >= 0.3 is 11.8 Å². The van der Waals surface area contributed by atoms with Crippen molar-refractivity contribution in [2.75, 3.05) is 18.5 Å². The Morgan fingerprint density at radius 1 is 1.33 bits per heavy atom. The number of aliphatic hydroxyl groups is 1. The average molecular weight is 317 g/mol. The maximum Gasteiger partial charge on any atom is 0.313 e. The fourth-order valence-corrected chi connectivity index (χ4v) is 1.74. The molecule has 7 heteroatoms. The number of anilines is 1. The highest BCUT2D eigenvalue weighted by Crippen LogP contribution is 2.22. The van der Waals surface area contributed by atoms with Crippen LogP contribution in [-0.4, -0.2) is 30.1 Å². The summed E-state index contributed by atoms with van der Waals surface area (Å²) < 4.78 is 13.6. The predicted octanol–water partition coefficient (Wildman–Crippen LogP) is 1.94. The smallest absolute Gasteiger partial charge is 0.313 e. The van der Waals surface area contributed by atoms with Gasteiger partial charge in [-0.05, 0) is 24.0 Å². The Bertz CT molecular complexity index is 535. The Kier molecular flexibility index (Phi) is 6.11. The van der Waals surface area contributed by atoms with Gasteiger partial charge in [-0.3, -0.25) is 9.59 Å². The first-order valence-electron chi connectivity index (χ1n) is 6.41. The fourth-order valence-electron chi connectivity index (χ4n) is 1.57. The molecule has 0 radical (unpaired) electrons. The number of aliphatic hydroxyl groups excluding tert-OH is 1. The maximum atomic E-state index is 13.6. The third-order valence-electron chi connectivity index (χ3n) is 2.92. The van der Waals surface area contributed by atoms with Crippen LogP contribution in [0.1, 0.15) is 20.3 Å². The van der Waals surface area contributed by atoms with Crippen molar-refractivity contribution in [3.05, 3.63) is 29.0 Å². The molecular formula is C14H18ClFN2O3. The fraction of sp³-hybridized carbons (Fsp3) is 0.429. The molecule has 0 spiro atoms. The van der Waals surface area contributed by atoms with Crippen molar-refractivity contribution in [3.8, 4) is 0 Å². The topological polar surface area (TPSA) is 78.4 Å². The molecular weight excluding hydrogens is 299 g/mol. The van der Waals surface area contributed by atoms with Gasteiger partial charge in [-0.25, -0.2) is 4.39 Å². The Morgan fingerprint density at radius 3 is 2.62 bits per heavy atom. The zero-order valence-corrected chi connectivity index (χ0v) is 12.6. The first-order valence-corrected chi connectivity index (χ1v) is 6.79. The summed E-state index contributed by atoms with van der Waals surface area (Å²) in [5.41, 5.74) is -0.497. The van der Waals surface area contributed by atoms with Gasteiger partial charge in [-0.2, -0.15) is 0 Å². The van der Waals surface area contributed by atoms with Crippen LogP contribution in [0.15, 0.2) is 18.2 Å². The van der Waals surface area contributed by atoms with Gasteiger partial charge in [0.25, 0.3) is 0 Å². The summed E-state index contributed by atoms with van der Waals surface area (Å²) >= 11 is 5.58. The van der Waals surface area contributed by atoms with Gasteiger partial charge in [0.2, 0.25) is 0 Å². The molecule has 0 bridgehead atoms. The first kappa shape index (κ1) is 17.4. The van der Waals surface area contributed by atoms with E-state index in [1.54, 1.807) is 0 Å². The van der Waals surface area contributed by atoms with Crippen LogP contribution >= 0.6 is 11.6 Å². The number of amides is 2. The minimum Gasteiger partial charge on any atom is -0.396 e. The number of nitrogens with one attached hydrogen (secondary N) is 2. The van der Waals surface area contributed by atoms with Gasteiger partial charge < -0.3 is 15.7 Å². The highest BCUT2D eigenvalue weighted by molar-refractivity contribution is 6.39. The highest BCUT2D eigenvalue weighted by atomic mass is 35.5. The second-order valence-corrected chi connectivity index (χ2v) is 5.78. The molecule has 0 unspecified atom stereocenters. The van der Waals surface area contributed by atoms with E-state index in [9.17, 15) is 14.0 Å². The molecule has 0 aromatic heterocycles. The average Bonchev–Trinajstić information content (AvgIpc) is 2.41. The molecule has 0 saturated heterocycles. The summed E-state index contributed by atoms with van der Waals surface area (Å²) in [5.74, 6) is -2.64. The van der Waals surface area contributed by atoms with E-state index < -0.39 is 17.6 Å². The standard InChI is InChI=1S/C14H18ClFN2O3/c1-14(2,6-7-19)8-17-12(20)13(21)18-10-5-3-4-9(15)11(10)16/h3-5,19H,6-8H2,1-2H3,(H,17,20)(H,18,21). The SMILES string of the molecule is CC(C)(CCO)CNC(=O)C(=O)Nc1cccc(Cl)c1F. The van der Waals surface area contributed by atoms with Crippen molar-refractivity contribution in [3.63, 3.8) is 0 Å². The van der Waals surface area contributed by atoms with Crippen molar-refractivity contribution in [1.29, 1.82) is 0 Å². The molecule has 0 atom stereocenters. The summed E-state index contributed by atoms with van der Waals surface area (Å²) in [5, 5.41) is 13.3. The van der Waals surface area contributed by atoms with Crippen LogP contribution < -0.4 is 10.6 Å². The van der Waals surface area contributed by atoms with Gasteiger partial charge in [-0.1, -0.05) is 31.5 Å². The lowest BCUT2D eigenvalue weighted by atomic mass is 9.90. The largest absolute Gasteiger partial charge is 0.396 e. The van der Waals surface area contributed by atoms with Crippen molar-refractivity contribution in [1.82, 2.24) is 5.32 Å². The summed E-state index contributed by atoms with van der Waals surface area (Å²) in [6.45, 7) is 3.90. The number of hydrogen-bond acceptors (Lipinski definition) is 3. The van der Waals surface area contributed by atoms with Gasteiger partial charge in [-0.15, -0.1) is 0 Å². The van der Waals surface area contributed by atoms with Crippen molar-refractivity contribution in [2.24, 2.45) is 5.41 Å². The van der Waals surface area contributed by atoms with E-state index in [2.05, 4.69) is 10.6 Å². The van der Waals surface area contributed by atoms with Crippen LogP contribution in [0.2, 0.25) is 5.02 Å². The minimum atomic E-state index is -0.976. The summed E-state index contributed by atoms with van der Waals surface area (Å²) in [7, 11) is 0. The van der Waals surface area contributed by atoms with Crippen LogP contribution in [0.5, 0.6) is 0 Å². The third-order valence-corrected chi connectivity index (χ3v) is 3.21. The monoisotopic (exact) mass is 316 g/mol. The number of carbonyl (C=O) groups is 2. The number of benzene rings is 1. The van der Waals surface area contributed by atoms with E-state index in [0.717, 1.165) is 0 Å². The van der Waals surface area contributed by atoms with Crippen LogP contribution in [0.25, 0.3) is 0 Å². The molecule has 0 aliphatic rings. The lowest BCUT2D eigenvalue weighted by Gasteiger charge is -2.23. The van der Waals surface area contributed by atoms with Crippen molar-refractivity contribution >= 4 is 29.1 Å². The molecule has 0 aliphatic heterocycles. The van der Waals surface area contributed by atoms with Crippen LogP contribution in [-0.2, 0) is 9.59 Å². The highest BCUT2D eigenvalue weighted by Gasteiger charge is 2.21. The Hall–Kier alpha value is -1.66. The Morgan fingerprint density at radius 2 is 2.00 bits per heavy atom. The molecule has 1 aromatic carbocycles. The zero-order valence-electron chi connectivity index (χ0n) is 11.9. The summed E-state index contributed by atoms with van der Waals surface area (Å²) in [6, 6.07) is 4.11. The molecule has 0 fully saturated rings.